The Morgan fingerprint density at radius 3 is 2.79 bits per heavy atom. The summed E-state index contributed by atoms with van der Waals surface area (Å²) >= 11 is 6.08. The fourth-order valence-electron chi connectivity index (χ4n) is 2.72. The molecule has 7 nitrogen and oxygen atoms in total. The van der Waals surface area contributed by atoms with Crippen molar-refractivity contribution in [3.63, 3.8) is 0 Å². The van der Waals surface area contributed by atoms with Crippen LogP contribution in [-0.2, 0) is 6.54 Å². The van der Waals surface area contributed by atoms with Gasteiger partial charge in [0, 0.05) is 17.3 Å². The predicted octanol–water partition coefficient (Wildman–Crippen LogP) is 4.03. The number of carbonyl (C=O) groups excluding carboxylic acids is 1. The number of carbonyl (C=O) groups is 1. The zero-order valence-electron chi connectivity index (χ0n) is 15.0. The van der Waals surface area contributed by atoms with Gasteiger partial charge in [0.15, 0.2) is 17.2 Å². The van der Waals surface area contributed by atoms with Gasteiger partial charge in [-0.2, -0.15) is 0 Å². The first-order valence-corrected chi connectivity index (χ1v) is 9.00. The zero-order valence-corrected chi connectivity index (χ0v) is 15.8. The molecule has 0 aliphatic carbocycles. The van der Waals surface area contributed by atoms with Gasteiger partial charge in [0.2, 0.25) is 6.79 Å². The Bertz CT molecular complexity index is 1020. The van der Waals surface area contributed by atoms with E-state index in [1.807, 2.05) is 25.1 Å². The van der Waals surface area contributed by atoms with Gasteiger partial charge in [-0.05, 0) is 54.4 Å². The number of nitrogens with zero attached hydrogens (tertiary/aromatic N) is 2. The fourth-order valence-corrected chi connectivity index (χ4v) is 2.89. The summed E-state index contributed by atoms with van der Waals surface area (Å²) in [5.74, 6) is 1.69. The molecule has 2 heterocycles. The highest BCUT2D eigenvalue weighted by molar-refractivity contribution is 6.31. The van der Waals surface area contributed by atoms with Crippen LogP contribution >= 0.6 is 11.6 Å². The molecule has 0 bridgehead atoms. The zero-order chi connectivity index (χ0) is 19.5. The van der Waals surface area contributed by atoms with E-state index in [-0.39, 0.29) is 18.4 Å². The van der Waals surface area contributed by atoms with Crippen LogP contribution in [-0.4, -0.2) is 22.9 Å². The Labute approximate surface area is 166 Å². The van der Waals surface area contributed by atoms with Gasteiger partial charge < -0.3 is 20.1 Å². The molecule has 0 radical (unpaired) electrons. The maximum Gasteiger partial charge on any atom is 0.276 e. The first-order valence-electron chi connectivity index (χ1n) is 8.63. The number of amides is 1. The van der Waals surface area contributed by atoms with Crippen LogP contribution in [0.1, 0.15) is 21.6 Å². The van der Waals surface area contributed by atoms with E-state index < -0.39 is 0 Å². The number of benzene rings is 2. The lowest BCUT2D eigenvalue weighted by Gasteiger charge is -2.09. The SMILES string of the molecule is Cc1c(Cl)cccc1NC(=O)c1ccc(NCc2ccc3c(c2)OCO3)nn1. The Hall–Kier alpha value is -3.32. The minimum absolute atomic E-state index is 0.216. The molecular formula is C20H17ClN4O3. The second-order valence-electron chi connectivity index (χ2n) is 6.21. The second-order valence-corrected chi connectivity index (χ2v) is 6.62. The largest absolute Gasteiger partial charge is 0.454 e. The Morgan fingerprint density at radius 1 is 1.11 bits per heavy atom. The lowest BCUT2D eigenvalue weighted by atomic mass is 10.2. The Balaban J connectivity index is 1.38. The van der Waals surface area contributed by atoms with Crippen LogP contribution < -0.4 is 20.1 Å². The molecule has 1 aliphatic heterocycles. The fraction of sp³-hybridized carbons (Fsp3) is 0.150. The van der Waals surface area contributed by atoms with Crippen molar-refractivity contribution in [3.05, 3.63) is 70.4 Å². The first-order chi connectivity index (χ1) is 13.6. The highest BCUT2D eigenvalue weighted by atomic mass is 35.5. The monoisotopic (exact) mass is 396 g/mol. The van der Waals surface area contributed by atoms with Crippen molar-refractivity contribution in [2.45, 2.75) is 13.5 Å². The molecule has 3 aromatic rings. The topological polar surface area (TPSA) is 85.4 Å². The van der Waals surface area contributed by atoms with Gasteiger partial charge in [0.1, 0.15) is 5.82 Å². The van der Waals surface area contributed by atoms with Crippen LogP contribution in [0.3, 0.4) is 0 Å². The molecule has 1 amide bonds. The van der Waals surface area contributed by atoms with E-state index in [4.69, 9.17) is 21.1 Å². The standard InChI is InChI=1S/C20H17ClN4O3/c1-12-14(21)3-2-4-15(12)23-20(26)16-6-8-19(25-24-16)22-10-13-5-7-17-18(9-13)28-11-27-17/h2-9H,10-11H2,1H3,(H,22,25)(H,23,26). The number of ether oxygens (including phenoxy) is 2. The van der Waals surface area contributed by atoms with Crippen LogP contribution in [0.2, 0.25) is 5.02 Å². The average Bonchev–Trinajstić information content (AvgIpc) is 3.18. The third-order valence-electron chi connectivity index (χ3n) is 4.32. The third kappa shape index (κ3) is 3.84. The van der Waals surface area contributed by atoms with Crippen molar-refractivity contribution in [1.82, 2.24) is 10.2 Å². The van der Waals surface area contributed by atoms with Gasteiger partial charge in [-0.3, -0.25) is 4.79 Å². The first kappa shape index (κ1) is 18.1. The number of aromatic nitrogens is 2. The van der Waals surface area contributed by atoms with Crippen LogP contribution in [0, 0.1) is 6.92 Å². The summed E-state index contributed by atoms with van der Waals surface area (Å²) in [4.78, 5) is 12.4. The Kier molecular flexibility index (Phi) is 4.99. The molecule has 142 valence electrons. The predicted molar refractivity (Wildman–Crippen MR) is 106 cm³/mol. The molecule has 8 heteroatoms. The quantitative estimate of drug-likeness (QED) is 0.677. The van der Waals surface area contributed by atoms with Crippen molar-refractivity contribution in [3.8, 4) is 11.5 Å². The number of anilines is 2. The minimum Gasteiger partial charge on any atom is -0.454 e. The van der Waals surface area contributed by atoms with Crippen LogP contribution in [0.25, 0.3) is 0 Å². The van der Waals surface area contributed by atoms with Crippen molar-refractivity contribution in [1.29, 1.82) is 0 Å². The lowest BCUT2D eigenvalue weighted by molar-refractivity contribution is 0.102. The molecule has 1 aliphatic rings. The summed E-state index contributed by atoms with van der Waals surface area (Å²) in [7, 11) is 0. The molecule has 4 rings (SSSR count). The summed E-state index contributed by atoms with van der Waals surface area (Å²) in [6.45, 7) is 2.63. The van der Waals surface area contributed by atoms with Gasteiger partial charge in [0.25, 0.3) is 5.91 Å². The summed E-state index contributed by atoms with van der Waals surface area (Å²) in [5, 5.41) is 14.6. The molecule has 0 saturated carbocycles. The van der Waals surface area contributed by atoms with E-state index >= 15 is 0 Å². The van der Waals surface area contributed by atoms with Gasteiger partial charge in [-0.15, -0.1) is 10.2 Å². The van der Waals surface area contributed by atoms with E-state index in [1.165, 1.54) is 0 Å². The van der Waals surface area contributed by atoms with E-state index in [0.717, 1.165) is 22.6 Å². The third-order valence-corrected chi connectivity index (χ3v) is 4.73. The van der Waals surface area contributed by atoms with Crippen LogP contribution in [0.15, 0.2) is 48.5 Å². The molecule has 0 atom stereocenters. The average molecular weight is 397 g/mol. The lowest BCUT2D eigenvalue weighted by Crippen LogP contribution is -2.15. The van der Waals surface area contributed by atoms with E-state index in [9.17, 15) is 4.79 Å². The smallest absolute Gasteiger partial charge is 0.276 e. The van der Waals surface area contributed by atoms with Gasteiger partial charge >= 0.3 is 0 Å². The number of halogens is 1. The molecule has 0 fully saturated rings. The summed E-state index contributed by atoms with van der Waals surface area (Å²) < 4.78 is 10.7. The summed E-state index contributed by atoms with van der Waals surface area (Å²) in [6, 6.07) is 14.4. The molecule has 0 spiro atoms. The highest BCUT2D eigenvalue weighted by Crippen LogP contribution is 2.32. The van der Waals surface area contributed by atoms with E-state index in [2.05, 4.69) is 20.8 Å². The number of rotatable bonds is 5. The molecule has 28 heavy (non-hydrogen) atoms. The van der Waals surface area contributed by atoms with Crippen molar-refractivity contribution >= 4 is 29.0 Å². The van der Waals surface area contributed by atoms with Gasteiger partial charge in [-0.1, -0.05) is 23.7 Å². The number of hydrogen-bond acceptors (Lipinski definition) is 6. The van der Waals surface area contributed by atoms with Crippen LogP contribution in [0.5, 0.6) is 11.5 Å². The number of hydrogen-bond donors (Lipinski definition) is 2. The summed E-state index contributed by atoms with van der Waals surface area (Å²) in [6.07, 6.45) is 0. The number of fused-ring (bicyclic) bond motifs is 1. The number of nitrogens with one attached hydrogen (secondary N) is 2. The van der Waals surface area contributed by atoms with E-state index in [1.54, 1.807) is 30.3 Å². The van der Waals surface area contributed by atoms with E-state index in [0.29, 0.717) is 23.1 Å². The summed E-state index contributed by atoms with van der Waals surface area (Å²) in [5.41, 5.74) is 2.68. The normalized spacial score (nSPS) is 11.9. The van der Waals surface area contributed by atoms with Crippen molar-refractivity contribution < 1.29 is 14.3 Å². The van der Waals surface area contributed by atoms with Crippen molar-refractivity contribution in [2.24, 2.45) is 0 Å². The molecule has 0 saturated heterocycles. The van der Waals surface area contributed by atoms with Crippen LogP contribution in [0.4, 0.5) is 11.5 Å². The second kappa shape index (κ2) is 7.74. The molecule has 0 unspecified atom stereocenters. The maximum absolute atomic E-state index is 12.4. The minimum atomic E-state index is -0.347. The highest BCUT2D eigenvalue weighted by Gasteiger charge is 2.14. The molecular weight excluding hydrogens is 380 g/mol. The molecule has 2 aromatic carbocycles. The van der Waals surface area contributed by atoms with Crippen molar-refractivity contribution in [2.75, 3.05) is 17.4 Å². The van der Waals surface area contributed by atoms with Gasteiger partial charge in [-0.25, -0.2) is 0 Å². The van der Waals surface area contributed by atoms with Gasteiger partial charge in [0.05, 0.1) is 0 Å². The Morgan fingerprint density at radius 2 is 1.96 bits per heavy atom. The molecule has 1 aromatic heterocycles. The maximum atomic E-state index is 12.4. The molecule has 2 N–H and O–H groups in total.